The first kappa shape index (κ1) is 28.1. The van der Waals surface area contributed by atoms with Crippen LogP contribution < -0.4 is 16.0 Å². The number of imidazole rings is 1. The summed E-state index contributed by atoms with van der Waals surface area (Å²) < 4.78 is 1.74. The number of rotatable bonds is 8. The second-order valence-corrected chi connectivity index (χ2v) is 10.8. The summed E-state index contributed by atoms with van der Waals surface area (Å²) in [6.45, 7) is 1.23. The first-order valence-electron chi connectivity index (χ1n) is 14.1. The maximum Gasteiger partial charge on any atom is 0.394 e. The fraction of sp³-hybridized carbons (Fsp3) is 0.448. The minimum atomic E-state index is -1.53. The topological polar surface area (TPSA) is 171 Å². The average molecular weight is 561 g/mol. The van der Waals surface area contributed by atoms with Crippen molar-refractivity contribution in [3.05, 3.63) is 54.1 Å². The van der Waals surface area contributed by atoms with E-state index in [-0.39, 0.29) is 36.9 Å². The minimum absolute atomic E-state index is 0.0165. The predicted octanol–water partition coefficient (Wildman–Crippen LogP) is 2.25. The van der Waals surface area contributed by atoms with E-state index in [1.165, 1.54) is 11.3 Å². The molecule has 5 N–H and O–H groups in total. The molecule has 12 heteroatoms. The highest BCUT2D eigenvalue weighted by Gasteiger charge is 2.33. The van der Waals surface area contributed by atoms with E-state index in [4.69, 9.17) is 16.1 Å². The van der Waals surface area contributed by atoms with E-state index in [2.05, 4.69) is 15.2 Å². The number of aliphatic carboxylic acids is 1. The van der Waals surface area contributed by atoms with Crippen molar-refractivity contribution in [3.8, 4) is 0 Å². The van der Waals surface area contributed by atoms with Crippen molar-refractivity contribution in [1.82, 2.24) is 24.8 Å². The van der Waals surface area contributed by atoms with Gasteiger partial charge in [-0.25, -0.2) is 9.78 Å². The molecule has 41 heavy (non-hydrogen) atoms. The van der Waals surface area contributed by atoms with E-state index in [1.807, 2.05) is 12.1 Å². The zero-order valence-corrected chi connectivity index (χ0v) is 23.0. The molecule has 0 atom stereocenters. The first-order chi connectivity index (χ1) is 19.8. The Morgan fingerprint density at radius 1 is 1.05 bits per heavy atom. The maximum atomic E-state index is 13.2. The Kier molecular flexibility index (Phi) is 8.46. The van der Waals surface area contributed by atoms with Crippen LogP contribution in [0.1, 0.15) is 56.3 Å². The predicted molar refractivity (Wildman–Crippen MR) is 153 cm³/mol. The van der Waals surface area contributed by atoms with Crippen LogP contribution in [0.2, 0.25) is 0 Å². The van der Waals surface area contributed by atoms with Gasteiger partial charge in [0.25, 0.3) is 0 Å². The van der Waals surface area contributed by atoms with Crippen molar-refractivity contribution in [3.63, 3.8) is 0 Å². The lowest BCUT2D eigenvalue weighted by Crippen LogP contribution is -2.49. The third-order valence-corrected chi connectivity index (χ3v) is 8.10. The van der Waals surface area contributed by atoms with E-state index < -0.39 is 11.9 Å². The van der Waals surface area contributed by atoms with Gasteiger partial charge in [-0.1, -0.05) is 19.3 Å². The number of nitrogen functional groups attached to an aromatic ring is 1. The summed E-state index contributed by atoms with van der Waals surface area (Å²) in [5.41, 5.74) is 8.39. The molecule has 1 aliphatic heterocycles. The molecule has 5 rings (SSSR count). The average Bonchev–Trinajstić information content (AvgIpc) is 3.32. The summed E-state index contributed by atoms with van der Waals surface area (Å²) in [6, 6.07) is 8.80. The smallest absolute Gasteiger partial charge is 0.394 e. The Balaban J connectivity index is 1.41. The van der Waals surface area contributed by atoms with Crippen LogP contribution in [0.5, 0.6) is 0 Å². The fourth-order valence-electron chi connectivity index (χ4n) is 5.94. The highest BCUT2D eigenvalue weighted by atomic mass is 16.4. The monoisotopic (exact) mass is 560 g/mol. The number of fused-ring (bicyclic) bond motifs is 1. The quantitative estimate of drug-likeness (QED) is 0.185. The molecular formula is C29H36N8O4. The molecule has 2 fully saturated rings. The molecule has 1 aromatic carbocycles. The number of carbonyl (C=O) groups excluding carboxylic acids is 2. The Labute approximate surface area is 238 Å². The van der Waals surface area contributed by atoms with Gasteiger partial charge >= 0.3 is 11.9 Å². The zero-order chi connectivity index (χ0) is 28.9. The standard InChI is InChI=1S/C29H36N8O4/c30-27(31)19-6-7-24-23(16-19)34-25(37(24)18-26(38)33-20-4-2-1-3-5-20)17-36(28(39)29(40)41)22-10-14-35(15-11-22)21-8-12-32-13-9-21/h6-9,12-13,16,20,22H,1-5,10-11,14-15,17-18H2,(H3,30,31)(H,33,38)(H,40,41). The number of nitrogens with one attached hydrogen (secondary N) is 2. The highest BCUT2D eigenvalue weighted by Crippen LogP contribution is 2.26. The Morgan fingerprint density at radius 3 is 2.41 bits per heavy atom. The number of piperidine rings is 1. The van der Waals surface area contributed by atoms with Crippen molar-refractivity contribution in [2.45, 2.75) is 70.1 Å². The number of carboxylic acids is 1. The number of hydrogen-bond donors (Lipinski definition) is 4. The molecule has 2 aromatic heterocycles. The maximum absolute atomic E-state index is 13.2. The highest BCUT2D eigenvalue weighted by molar-refractivity contribution is 6.31. The van der Waals surface area contributed by atoms with Crippen molar-refractivity contribution in [2.24, 2.45) is 5.73 Å². The number of aromatic nitrogens is 3. The van der Waals surface area contributed by atoms with E-state index in [0.717, 1.165) is 31.4 Å². The van der Waals surface area contributed by atoms with Crippen molar-refractivity contribution >= 4 is 40.3 Å². The van der Waals surface area contributed by atoms with Gasteiger partial charge in [0.15, 0.2) is 0 Å². The van der Waals surface area contributed by atoms with Gasteiger partial charge in [0.1, 0.15) is 18.2 Å². The number of nitrogens with zero attached hydrogens (tertiary/aromatic N) is 5. The summed E-state index contributed by atoms with van der Waals surface area (Å²) in [6.07, 6.45) is 9.87. The number of amidine groups is 1. The minimum Gasteiger partial charge on any atom is -0.474 e. The molecule has 2 amide bonds. The lowest BCUT2D eigenvalue weighted by molar-refractivity contribution is -0.158. The summed E-state index contributed by atoms with van der Waals surface area (Å²) in [7, 11) is 0. The number of hydrogen-bond acceptors (Lipinski definition) is 7. The lowest BCUT2D eigenvalue weighted by Gasteiger charge is -2.38. The van der Waals surface area contributed by atoms with Crippen LogP contribution in [0.15, 0.2) is 42.7 Å². The SMILES string of the molecule is N=C(N)c1ccc2c(c1)nc(CN(C(=O)C(=O)O)C1CCN(c3ccncc3)CC1)n2CC(=O)NC1CCCCC1. The van der Waals surface area contributed by atoms with E-state index in [0.29, 0.717) is 48.4 Å². The Morgan fingerprint density at radius 2 is 1.76 bits per heavy atom. The van der Waals surface area contributed by atoms with Gasteiger partial charge < -0.3 is 30.5 Å². The second-order valence-electron chi connectivity index (χ2n) is 10.8. The van der Waals surface area contributed by atoms with Gasteiger partial charge in [0, 0.05) is 48.8 Å². The van der Waals surface area contributed by atoms with Crippen molar-refractivity contribution < 1.29 is 19.5 Å². The van der Waals surface area contributed by atoms with Gasteiger partial charge in [-0.2, -0.15) is 0 Å². The third kappa shape index (κ3) is 6.47. The summed E-state index contributed by atoms with van der Waals surface area (Å²) in [5.74, 6) is -2.39. The molecule has 1 saturated carbocycles. The first-order valence-corrected chi connectivity index (χ1v) is 14.1. The number of anilines is 1. The van der Waals surface area contributed by atoms with Crippen LogP contribution in [0.25, 0.3) is 11.0 Å². The van der Waals surface area contributed by atoms with Gasteiger partial charge in [-0.15, -0.1) is 0 Å². The van der Waals surface area contributed by atoms with Gasteiger partial charge in [0.2, 0.25) is 5.91 Å². The molecule has 0 bridgehead atoms. The molecule has 1 saturated heterocycles. The molecule has 3 heterocycles. The molecule has 3 aromatic rings. The Bertz CT molecular complexity index is 1430. The van der Waals surface area contributed by atoms with Crippen LogP contribution >= 0.6 is 0 Å². The summed E-state index contributed by atoms with van der Waals surface area (Å²) in [4.78, 5) is 50.4. The molecule has 2 aliphatic rings. The van der Waals surface area contributed by atoms with Crippen LogP contribution in [0, 0.1) is 5.41 Å². The van der Waals surface area contributed by atoms with Crippen LogP contribution in [-0.4, -0.2) is 73.3 Å². The van der Waals surface area contributed by atoms with Crippen LogP contribution in [0.4, 0.5) is 5.69 Å². The molecule has 0 spiro atoms. The number of carbonyl (C=O) groups is 3. The molecule has 12 nitrogen and oxygen atoms in total. The van der Waals surface area contributed by atoms with Crippen LogP contribution in [0.3, 0.4) is 0 Å². The molecule has 216 valence electrons. The zero-order valence-electron chi connectivity index (χ0n) is 23.0. The largest absolute Gasteiger partial charge is 0.474 e. The summed E-state index contributed by atoms with van der Waals surface area (Å²) in [5, 5.41) is 20.6. The summed E-state index contributed by atoms with van der Waals surface area (Å²) >= 11 is 0. The Hall–Kier alpha value is -4.48. The van der Waals surface area contributed by atoms with Crippen molar-refractivity contribution in [2.75, 3.05) is 18.0 Å². The van der Waals surface area contributed by atoms with Crippen molar-refractivity contribution in [1.29, 1.82) is 5.41 Å². The second kappa shape index (κ2) is 12.4. The number of pyridine rings is 1. The van der Waals surface area contributed by atoms with E-state index in [1.54, 1.807) is 35.2 Å². The van der Waals surface area contributed by atoms with E-state index in [9.17, 15) is 19.5 Å². The number of nitrogens with two attached hydrogens (primary N) is 1. The van der Waals surface area contributed by atoms with Crippen LogP contribution in [-0.2, 0) is 27.5 Å². The molecule has 0 radical (unpaired) electrons. The lowest BCUT2D eigenvalue weighted by atomic mass is 9.95. The molecule has 1 aliphatic carbocycles. The van der Waals surface area contributed by atoms with E-state index >= 15 is 0 Å². The number of benzene rings is 1. The van der Waals surface area contributed by atoms with Gasteiger partial charge in [-0.05, 0) is 56.0 Å². The third-order valence-electron chi connectivity index (χ3n) is 8.10. The molecule has 0 unspecified atom stereocenters. The fourth-order valence-corrected chi connectivity index (χ4v) is 5.94. The van der Waals surface area contributed by atoms with Gasteiger partial charge in [0.05, 0.1) is 17.6 Å². The normalized spacial score (nSPS) is 16.4. The number of carboxylic acid groups (broad SMARTS) is 1. The number of amides is 2. The van der Waals surface area contributed by atoms with Gasteiger partial charge in [-0.3, -0.25) is 20.0 Å². The molecular weight excluding hydrogens is 524 g/mol.